The van der Waals surface area contributed by atoms with Crippen LogP contribution in [0.3, 0.4) is 0 Å². The second kappa shape index (κ2) is 7.89. The fraction of sp³-hybridized carbons (Fsp3) is 0.350. The van der Waals surface area contributed by atoms with E-state index in [0.29, 0.717) is 0 Å². The van der Waals surface area contributed by atoms with Gasteiger partial charge in [0.15, 0.2) is 0 Å². The van der Waals surface area contributed by atoms with Gasteiger partial charge in [-0.3, -0.25) is 4.79 Å². The maximum Gasteiger partial charge on any atom is 0.247 e. The number of hydrogen-bond donors (Lipinski definition) is 0. The molecule has 1 heterocycles. The van der Waals surface area contributed by atoms with Crippen LogP contribution in [0.15, 0.2) is 47.4 Å². The molecule has 0 aromatic heterocycles. The molecule has 2 aromatic rings. The number of nitrogens with zero attached hydrogens (tertiary/aromatic N) is 2. The third-order valence-electron chi connectivity index (χ3n) is 4.88. The van der Waals surface area contributed by atoms with Gasteiger partial charge in [0.25, 0.3) is 0 Å². The lowest BCUT2D eigenvalue weighted by molar-refractivity contribution is -0.119. The standard InChI is InChI=1S/C20H23FN2O4S/c1-4-22(28(25,26)19-12-16(21)9-10-18(19)27-3)13-20(24)23-14(2)11-15-7-5-6-8-17(15)23/h5-10,12,14H,4,11,13H2,1-3H3/t14-/m1/s1. The van der Waals surface area contributed by atoms with Crippen molar-refractivity contribution < 1.29 is 22.3 Å². The van der Waals surface area contributed by atoms with E-state index in [9.17, 15) is 17.6 Å². The Morgan fingerprint density at radius 3 is 2.68 bits per heavy atom. The molecule has 0 unspecified atom stereocenters. The van der Waals surface area contributed by atoms with Crippen LogP contribution in [0.5, 0.6) is 5.75 Å². The Labute approximate surface area is 164 Å². The minimum atomic E-state index is -4.12. The van der Waals surface area contributed by atoms with Crippen molar-refractivity contribution in [3.63, 3.8) is 0 Å². The van der Waals surface area contributed by atoms with Crippen molar-refractivity contribution in [3.8, 4) is 5.75 Å². The summed E-state index contributed by atoms with van der Waals surface area (Å²) in [5.41, 5.74) is 1.86. The molecule has 0 aliphatic carbocycles. The highest BCUT2D eigenvalue weighted by Gasteiger charge is 2.34. The molecule has 0 saturated heterocycles. The van der Waals surface area contributed by atoms with Crippen molar-refractivity contribution in [2.24, 2.45) is 0 Å². The highest BCUT2D eigenvalue weighted by molar-refractivity contribution is 7.89. The number of hydrogen-bond acceptors (Lipinski definition) is 4. The SMILES string of the molecule is CCN(CC(=O)N1c2ccccc2C[C@H]1C)S(=O)(=O)c1cc(F)ccc1OC. The minimum absolute atomic E-state index is 0.0344. The smallest absolute Gasteiger partial charge is 0.247 e. The lowest BCUT2D eigenvalue weighted by atomic mass is 10.1. The van der Waals surface area contributed by atoms with Gasteiger partial charge in [-0.05, 0) is 43.2 Å². The molecule has 0 saturated carbocycles. The highest BCUT2D eigenvalue weighted by Crippen LogP contribution is 2.33. The number of sulfonamides is 1. The van der Waals surface area contributed by atoms with Gasteiger partial charge in [0.1, 0.15) is 16.5 Å². The van der Waals surface area contributed by atoms with Crippen LogP contribution >= 0.6 is 0 Å². The summed E-state index contributed by atoms with van der Waals surface area (Å²) < 4.78 is 46.0. The molecule has 6 nitrogen and oxygen atoms in total. The normalized spacial score (nSPS) is 16.3. The number of benzene rings is 2. The number of halogens is 1. The van der Waals surface area contributed by atoms with Crippen molar-refractivity contribution in [1.82, 2.24) is 4.31 Å². The maximum atomic E-state index is 13.7. The number of anilines is 1. The quantitative estimate of drug-likeness (QED) is 0.740. The summed E-state index contributed by atoms with van der Waals surface area (Å²) in [6, 6.07) is 10.8. The second-order valence-electron chi connectivity index (χ2n) is 6.67. The van der Waals surface area contributed by atoms with Gasteiger partial charge in [0.2, 0.25) is 15.9 Å². The maximum absolute atomic E-state index is 13.7. The number of carbonyl (C=O) groups is 1. The first-order valence-corrected chi connectivity index (χ1v) is 10.5. The number of likely N-dealkylation sites (N-methyl/N-ethyl adjacent to an activating group) is 1. The molecular formula is C20H23FN2O4S. The summed E-state index contributed by atoms with van der Waals surface area (Å²) in [5, 5.41) is 0. The summed E-state index contributed by atoms with van der Waals surface area (Å²) in [6.45, 7) is 3.30. The molecule has 0 N–H and O–H groups in total. The Hall–Kier alpha value is -2.45. The summed E-state index contributed by atoms with van der Waals surface area (Å²) in [4.78, 5) is 14.3. The molecule has 1 aliphatic rings. The van der Waals surface area contributed by atoms with Gasteiger partial charge in [0, 0.05) is 18.3 Å². The van der Waals surface area contributed by atoms with Crippen molar-refractivity contribution in [1.29, 1.82) is 0 Å². The van der Waals surface area contributed by atoms with E-state index >= 15 is 0 Å². The van der Waals surface area contributed by atoms with Crippen LogP contribution in [-0.2, 0) is 21.2 Å². The van der Waals surface area contributed by atoms with E-state index in [1.165, 1.54) is 13.2 Å². The molecule has 0 radical (unpaired) electrons. The molecule has 2 aromatic carbocycles. The number of rotatable bonds is 6. The minimum Gasteiger partial charge on any atom is -0.495 e. The van der Waals surface area contributed by atoms with Crippen LogP contribution < -0.4 is 9.64 Å². The van der Waals surface area contributed by atoms with Crippen molar-refractivity contribution in [2.45, 2.75) is 31.2 Å². The average molecular weight is 406 g/mol. The third kappa shape index (κ3) is 3.62. The Bertz CT molecular complexity index is 993. The van der Waals surface area contributed by atoms with Gasteiger partial charge >= 0.3 is 0 Å². The zero-order valence-electron chi connectivity index (χ0n) is 16.1. The molecule has 150 valence electrons. The predicted molar refractivity (Wildman–Crippen MR) is 104 cm³/mol. The molecule has 0 bridgehead atoms. The van der Waals surface area contributed by atoms with E-state index in [2.05, 4.69) is 0 Å². The van der Waals surface area contributed by atoms with Crippen LogP contribution in [0, 0.1) is 5.82 Å². The molecule has 0 spiro atoms. The Morgan fingerprint density at radius 2 is 2.00 bits per heavy atom. The van der Waals surface area contributed by atoms with Gasteiger partial charge in [0.05, 0.1) is 13.7 Å². The second-order valence-corrected chi connectivity index (χ2v) is 8.58. The summed E-state index contributed by atoms with van der Waals surface area (Å²) in [6.07, 6.45) is 0.721. The number of amides is 1. The van der Waals surface area contributed by atoms with Crippen LogP contribution in [0.4, 0.5) is 10.1 Å². The van der Waals surface area contributed by atoms with Gasteiger partial charge in [-0.2, -0.15) is 4.31 Å². The van der Waals surface area contributed by atoms with Crippen molar-refractivity contribution in [3.05, 3.63) is 53.8 Å². The average Bonchev–Trinajstić information content (AvgIpc) is 3.01. The number of methoxy groups -OCH3 is 1. The van der Waals surface area contributed by atoms with Crippen LogP contribution in [0.2, 0.25) is 0 Å². The largest absolute Gasteiger partial charge is 0.495 e. The fourth-order valence-electron chi connectivity index (χ4n) is 3.53. The molecular weight excluding hydrogens is 383 g/mol. The lowest BCUT2D eigenvalue weighted by Gasteiger charge is -2.27. The van der Waals surface area contributed by atoms with E-state index in [0.717, 1.165) is 34.1 Å². The fourth-order valence-corrected chi connectivity index (χ4v) is 5.10. The highest BCUT2D eigenvalue weighted by atomic mass is 32.2. The van der Waals surface area contributed by atoms with E-state index < -0.39 is 15.8 Å². The van der Waals surface area contributed by atoms with E-state index in [-0.39, 0.29) is 35.7 Å². The number of fused-ring (bicyclic) bond motifs is 1. The number of para-hydroxylation sites is 1. The Morgan fingerprint density at radius 1 is 1.29 bits per heavy atom. The van der Waals surface area contributed by atoms with Gasteiger partial charge in [-0.25, -0.2) is 12.8 Å². The summed E-state index contributed by atoms with van der Waals surface area (Å²) in [7, 11) is -2.80. The van der Waals surface area contributed by atoms with E-state index in [1.807, 2.05) is 31.2 Å². The van der Waals surface area contributed by atoms with E-state index in [1.54, 1.807) is 11.8 Å². The summed E-state index contributed by atoms with van der Waals surface area (Å²) in [5.74, 6) is -0.978. The molecule has 0 fully saturated rings. The van der Waals surface area contributed by atoms with Crippen LogP contribution in [0.25, 0.3) is 0 Å². The van der Waals surface area contributed by atoms with Gasteiger partial charge in [-0.15, -0.1) is 0 Å². The Balaban J connectivity index is 1.90. The topological polar surface area (TPSA) is 66.9 Å². The lowest BCUT2D eigenvalue weighted by Crippen LogP contribution is -2.45. The first-order valence-electron chi connectivity index (χ1n) is 9.03. The zero-order valence-corrected chi connectivity index (χ0v) is 16.9. The first-order chi connectivity index (χ1) is 13.3. The van der Waals surface area contributed by atoms with Crippen LogP contribution in [-0.4, -0.2) is 44.9 Å². The molecule has 1 aliphatic heterocycles. The van der Waals surface area contributed by atoms with Crippen molar-refractivity contribution in [2.75, 3.05) is 25.1 Å². The molecule has 1 amide bonds. The van der Waals surface area contributed by atoms with E-state index in [4.69, 9.17) is 4.74 Å². The van der Waals surface area contributed by atoms with Crippen LogP contribution in [0.1, 0.15) is 19.4 Å². The number of ether oxygens (including phenoxy) is 1. The predicted octanol–water partition coefficient (Wildman–Crippen LogP) is 2.82. The third-order valence-corrected chi connectivity index (χ3v) is 6.83. The molecule has 1 atom stereocenters. The molecule has 28 heavy (non-hydrogen) atoms. The van der Waals surface area contributed by atoms with Gasteiger partial charge in [-0.1, -0.05) is 25.1 Å². The van der Waals surface area contributed by atoms with Crippen molar-refractivity contribution >= 4 is 21.6 Å². The zero-order chi connectivity index (χ0) is 20.5. The molecule has 8 heteroatoms. The first kappa shape index (κ1) is 20.3. The number of carbonyl (C=O) groups excluding carboxylic acids is 1. The Kier molecular flexibility index (Phi) is 5.71. The van der Waals surface area contributed by atoms with Gasteiger partial charge < -0.3 is 9.64 Å². The summed E-state index contributed by atoms with van der Waals surface area (Å²) >= 11 is 0. The monoisotopic (exact) mass is 406 g/mol. The molecule has 3 rings (SSSR count).